The molecule has 5 nitrogen and oxygen atoms in total. The van der Waals surface area contributed by atoms with Crippen LogP contribution in [0.15, 0.2) is 18.2 Å². The van der Waals surface area contributed by atoms with E-state index in [0.717, 1.165) is 6.54 Å². The Balaban J connectivity index is 1.81. The molecule has 1 aliphatic rings. The fraction of sp³-hybridized carbons (Fsp3) is 0.533. The van der Waals surface area contributed by atoms with E-state index in [1.165, 1.54) is 43.9 Å². The predicted octanol–water partition coefficient (Wildman–Crippen LogP) is 1.58. The van der Waals surface area contributed by atoms with Gasteiger partial charge in [0.1, 0.15) is 5.75 Å². The highest BCUT2D eigenvalue weighted by atomic mass is 16.3. The van der Waals surface area contributed by atoms with Gasteiger partial charge in [0.2, 0.25) is 0 Å². The Morgan fingerprint density at radius 3 is 2.85 bits per heavy atom. The zero-order valence-electron chi connectivity index (χ0n) is 11.9. The molecule has 1 fully saturated rings. The molecule has 1 aliphatic carbocycles. The molecule has 0 atom stereocenters. The lowest BCUT2D eigenvalue weighted by Gasteiger charge is -2.23. The van der Waals surface area contributed by atoms with Crippen LogP contribution in [0.25, 0.3) is 0 Å². The van der Waals surface area contributed by atoms with Crippen molar-refractivity contribution in [3.8, 4) is 5.75 Å². The van der Waals surface area contributed by atoms with E-state index in [1.807, 2.05) is 0 Å². The number of phenols is 1. The molecule has 1 aromatic carbocycles. The fourth-order valence-electron chi connectivity index (χ4n) is 2.71. The molecule has 0 spiro atoms. The van der Waals surface area contributed by atoms with Crippen molar-refractivity contribution >= 4 is 11.6 Å². The highest BCUT2D eigenvalue weighted by molar-refractivity contribution is 5.99. The first-order valence-corrected chi connectivity index (χ1v) is 7.15. The molecule has 5 heteroatoms. The Labute approximate surface area is 119 Å². The Morgan fingerprint density at radius 1 is 1.45 bits per heavy atom. The number of benzene rings is 1. The second-order valence-electron chi connectivity index (χ2n) is 5.45. The number of nitrogens with zero attached hydrogens (tertiary/aromatic N) is 1. The number of rotatable bonds is 5. The summed E-state index contributed by atoms with van der Waals surface area (Å²) in [6.07, 6.45) is 5.12. The zero-order valence-corrected chi connectivity index (χ0v) is 11.9. The van der Waals surface area contributed by atoms with Gasteiger partial charge in [-0.3, -0.25) is 4.79 Å². The smallest absolute Gasteiger partial charge is 0.253 e. The molecule has 1 aromatic rings. The van der Waals surface area contributed by atoms with Crippen molar-refractivity contribution in [3.63, 3.8) is 0 Å². The Kier molecular flexibility index (Phi) is 4.84. The number of carbonyl (C=O) groups excluding carboxylic acids is 1. The van der Waals surface area contributed by atoms with Gasteiger partial charge in [-0.1, -0.05) is 12.8 Å². The number of likely N-dealkylation sites (N-methyl/N-ethyl adjacent to an activating group) is 1. The number of carbonyl (C=O) groups is 1. The third-order valence-electron chi connectivity index (χ3n) is 3.98. The fourth-order valence-corrected chi connectivity index (χ4v) is 2.71. The molecule has 0 heterocycles. The first-order chi connectivity index (χ1) is 9.58. The number of phenolic OH excluding ortho intramolecular Hbond substituents is 1. The van der Waals surface area contributed by atoms with Crippen LogP contribution in [0.5, 0.6) is 5.75 Å². The summed E-state index contributed by atoms with van der Waals surface area (Å²) < 4.78 is 0. The van der Waals surface area contributed by atoms with Crippen molar-refractivity contribution in [2.24, 2.45) is 0 Å². The summed E-state index contributed by atoms with van der Waals surface area (Å²) in [7, 11) is 2.10. The maximum atomic E-state index is 12.0. The van der Waals surface area contributed by atoms with Gasteiger partial charge in [0.05, 0.1) is 5.56 Å². The van der Waals surface area contributed by atoms with Crippen molar-refractivity contribution in [3.05, 3.63) is 23.8 Å². The van der Waals surface area contributed by atoms with Crippen LogP contribution < -0.4 is 11.1 Å². The molecule has 0 bridgehead atoms. The highest BCUT2D eigenvalue weighted by Crippen LogP contribution is 2.22. The standard InChI is InChI=1S/C15H23N3O2/c1-18(11-4-2-3-5-11)9-8-17-15(20)13-10-12(19)6-7-14(13)16/h6-7,10-11,19H,2-5,8-9,16H2,1H3,(H,17,20). The number of aromatic hydroxyl groups is 1. The zero-order chi connectivity index (χ0) is 14.5. The second kappa shape index (κ2) is 6.61. The average Bonchev–Trinajstić information content (AvgIpc) is 2.95. The van der Waals surface area contributed by atoms with Crippen LogP contribution in [0.1, 0.15) is 36.0 Å². The summed E-state index contributed by atoms with van der Waals surface area (Å²) in [5.74, 6) is -0.189. The second-order valence-corrected chi connectivity index (χ2v) is 5.45. The van der Waals surface area contributed by atoms with E-state index in [2.05, 4.69) is 17.3 Å². The third-order valence-corrected chi connectivity index (χ3v) is 3.98. The molecule has 110 valence electrons. The van der Waals surface area contributed by atoms with Gasteiger partial charge >= 0.3 is 0 Å². The lowest BCUT2D eigenvalue weighted by molar-refractivity contribution is 0.0947. The minimum atomic E-state index is -0.238. The molecular formula is C15H23N3O2. The van der Waals surface area contributed by atoms with E-state index >= 15 is 0 Å². The molecule has 1 saturated carbocycles. The van der Waals surface area contributed by atoms with E-state index in [1.54, 1.807) is 0 Å². The predicted molar refractivity (Wildman–Crippen MR) is 79.7 cm³/mol. The summed E-state index contributed by atoms with van der Waals surface area (Å²) in [4.78, 5) is 14.3. The Bertz CT molecular complexity index is 470. The number of nitrogen functional groups attached to an aromatic ring is 1. The minimum Gasteiger partial charge on any atom is -0.508 e. The Morgan fingerprint density at radius 2 is 2.15 bits per heavy atom. The molecule has 0 saturated heterocycles. The van der Waals surface area contributed by atoms with Crippen LogP contribution in [0.2, 0.25) is 0 Å². The van der Waals surface area contributed by atoms with Crippen LogP contribution in [-0.4, -0.2) is 42.1 Å². The molecule has 2 rings (SSSR count). The summed E-state index contributed by atoms with van der Waals surface area (Å²) in [5, 5.41) is 12.2. The van der Waals surface area contributed by atoms with Crippen molar-refractivity contribution in [2.45, 2.75) is 31.7 Å². The van der Waals surface area contributed by atoms with Gasteiger partial charge in [0, 0.05) is 24.8 Å². The number of amides is 1. The lowest BCUT2D eigenvalue weighted by atomic mass is 10.1. The van der Waals surface area contributed by atoms with E-state index < -0.39 is 0 Å². The van der Waals surface area contributed by atoms with Gasteiger partial charge in [0.15, 0.2) is 0 Å². The largest absolute Gasteiger partial charge is 0.508 e. The van der Waals surface area contributed by atoms with Crippen LogP contribution in [-0.2, 0) is 0 Å². The monoisotopic (exact) mass is 277 g/mol. The molecule has 4 N–H and O–H groups in total. The SMILES string of the molecule is CN(CCNC(=O)c1cc(O)ccc1N)C1CCCC1. The van der Waals surface area contributed by atoms with Crippen LogP contribution in [0.4, 0.5) is 5.69 Å². The van der Waals surface area contributed by atoms with Crippen molar-refractivity contribution in [1.29, 1.82) is 0 Å². The van der Waals surface area contributed by atoms with E-state index in [-0.39, 0.29) is 11.7 Å². The number of anilines is 1. The van der Waals surface area contributed by atoms with Crippen molar-refractivity contribution in [1.82, 2.24) is 10.2 Å². The quantitative estimate of drug-likeness (QED) is 0.564. The molecule has 0 radical (unpaired) electrons. The maximum absolute atomic E-state index is 12.0. The van der Waals surface area contributed by atoms with Gasteiger partial charge in [-0.05, 0) is 38.1 Å². The maximum Gasteiger partial charge on any atom is 0.253 e. The topological polar surface area (TPSA) is 78.6 Å². The van der Waals surface area contributed by atoms with Gasteiger partial charge in [-0.25, -0.2) is 0 Å². The number of nitrogens with one attached hydrogen (secondary N) is 1. The van der Waals surface area contributed by atoms with Crippen molar-refractivity contribution in [2.75, 3.05) is 25.9 Å². The van der Waals surface area contributed by atoms with Crippen LogP contribution >= 0.6 is 0 Å². The lowest BCUT2D eigenvalue weighted by Crippen LogP contribution is -2.37. The number of hydrogen-bond donors (Lipinski definition) is 3. The van der Waals surface area contributed by atoms with Gasteiger partial charge < -0.3 is 21.1 Å². The van der Waals surface area contributed by atoms with E-state index in [4.69, 9.17) is 5.73 Å². The van der Waals surface area contributed by atoms with E-state index in [0.29, 0.717) is 23.8 Å². The first-order valence-electron chi connectivity index (χ1n) is 7.15. The van der Waals surface area contributed by atoms with Crippen LogP contribution in [0.3, 0.4) is 0 Å². The van der Waals surface area contributed by atoms with E-state index in [9.17, 15) is 9.90 Å². The Hall–Kier alpha value is -1.75. The molecule has 20 heavy (non-hydrogen) atoms. The van der Waals surface area contributed by atoms with Gasteiger partial charge in [0.25, 0.3) is 5.91 Å². The van der Waals surface area contributed by atoms with Crippen LogP contribution in [0, 0.1) is 0 Å². The van der Waals surface area contributed by atoms with Crippen molar-refractivity contribution < 1.29 is 9.90 Å². The van der Waals surface area contributed by atoms with Gasteiger partial charge in [-0.15, -0.1) is 0 Å². The highest BCUT2D eigenvalue weighted by Gasteiger charge is 2.19. The molecule has 0 aliphatic heterocycles. The molecular weight excluding hydrogens is 254 g/mol. The first kappa shape index (κ1) is 14.7. The number of hydrogen-bond acceptors (Lipinski definition) is 4. The minimum absolute atomic E-state index is 0.0485. The normalized spacial score (nSPS) is 15.7. The third kappa shape index (κ3) is 3.63. The molecule has 0 aromatic heterocycles. The molecule has 1 amide bonds. The average molecular weight is 277 g/mol. The summed E-state index contributed by atoms with van der Waals surface area (Å²) in [5.41, 5.74) is 6.45. The summed E-state index contributed by atoms with van der Waals surface area (Å²) >= 11 is 0. The summed E-state index contributed by atoms with van der Waals surface area (Å²) in [6, 6.07) is 5.05. The molecule has 0 unspecified atom stereocenters. The van der Waals surface area contributed by atoms with Gasteiger partial charge in [-0.2, -0.15) is 0 Å². The number of nitrogens with two attached hydrogens (primary N) is 1. The summed E-state index contributed by atoms with van der Waals surface area (Å²) in [6.45, 7) is 1.41.